The Bertz CT molecular complexity index is 486. The molecular formula is C14H19NO5. The van der Waals surface area contributed by atoms with E-state index in [-0.39, 0.29) is 25.5 Å². The summed E-state index contributed by atoms with van der Waals surface area (Å²) in [5, 5.41) is 19.8. The minimum absolute atomic E-state index is 0.0965. The summed E-state index contributed by atoms with van der Waals surface area (Å²) in [5.41, 5.74) is 2.27. The van der Waals surface area contributed by atoms with Crippen LogP contribution < -0.4 is 10.1 Å². The first-order valence-electron chi connectivity index (χ1n) is 6.27. The Morgan fingerprint density at radius 3 is 2.60 bits per heavy atom. The highest BCUT2D eigenvalue weighted by atomic mass is 16.5. The average molecular weight is 281 g/mol. The Labute approximate surface area is 117 Å². The molecule has 1 aromatic rings. The van der Waals surface area contributed by atoms with Crippen LogP contribution >= 0.6 is 0 Å². The molecular weight excluding hydrogens is 262 g/mol. The summed E-state index contributed by atoms with van der Waals surface area (Å²) in [4.78, 5) is 21.7. The number of carbonyl (C=O) groups excluding carboxylic acids is 1. The summed E-state index contributed by atoms with van der Waals surface area (Å²) in [6.45, 7) is 3.86. The van der Waals surface area contributed by atoms with Gasteiger partial charge in [0.2, 0.25) is 5.91 Å². The molecule has 0 aliphatic heterocycles. The summed E-state index contributed by atoms with van der Waals surface area (Å²) < 4.78 is 5.43. The number of carboxylic acids is 1. The fraction of sp³-hybridized carbons (Fsp3) is 0.429. The van der Waals surface area contributed by atoms with Crippen molar-refractivity contribution in [2.45, 2.75) is 26.4 Å². The van der Waals surface area contributed by atoms with Gasteiger partial charge in [-0.2, -0.15) is 0 Å². The van der Waals surface area contributed by atoms with E-state index in [9.17, 15) is 9.59 Å². The highest BCUT2D eigenvalue weighted by Gasteiger charge is 2.13. The van der Waals surface area contributed by atoms with Crippen molar-refractivity contribution < 1.29 is 24.5 Å². The number of nitrogens with one attached hydrogen (secondary N) is 1. The predicted octanol–water partition coefficient (Wildman–Crippen LogP) is 0.634. The number of hydrogen-bond acceptors (Lipinski definition) is 4. The van der Waals surface area contributed by atoms with Gasteiger partial charge in [0.25, 0.3) is 0 Å². The van der Waals surface area contributed by atoms with E-state index in [2.05, 4.69) is 5.32 Å². The number of aryl methyl sites for hydroxylation is 2. The summed E-state index contributed by atoms with van der Waals surface area (Å²) in [5.74, 6) is -1.04. The van der Waals surface area contributed by atoms with E-state index >= 15 is 0 Å². The van der Waals surface area contributed by atoms with Crippen molar-refractivity contribution in [2.24, 2.45) is 0 Å². The van der Waals surface area contributed by atoms with Gasteiger partial charge in [-0.05, 0) is 37.1 Å². The van der Waals surface area contributed by atoms with E-state index in [1.807, 2.05) is 32.0 Å². The molecule has 0 fully saturated rings. The molecule has 1 aromatic carbocycles. The average Bonchev–Trinajstić information content (AvgIpc) is 2.40. The largest absolute Gasteiger partial charge is 0.493 e. The lowest BCUT2D eigenvalue weighted by Gasteiger charge is -2.10. The second-order valence-electron chi connectivity index (χ2n) is 4.50. The van der Waals surface area contributed by atoms with Gasteiger partial charge in [-0.15, -0.1) is 0 Å². The first-order valence-corrected chi connectivity index (χ1v) is 6.27. The number of aliphatic hydroxyl groups excluding tert-OH is 1. The van der Waals surface area contributed by atoms with Crippen molar-refractivity contribution in [3.05, 3.63) is 29.3 Å². The molecule has 0 bridgehead atoms. The lowest BCUT2D eigenvalue weighted by molar-refractivity contribution is -0.146. The van der Waals surface area contributed by atoms with Crippen LogP contribution in [0, 0.1) is 13.8 Å². The summed E-state index contributed by atoms with van der Waals surface area (Å²) in [6.07, 6.45) is -1.49. The molecule has 1 atom stereocenters. The standard InChI is InChI=1S/C14H19NO5/c1-9-3-4-11(7-10(9)2)20-6-5-13(17)15-8-12(16)14(18)19/h3-4,7,12,16H,5-6,8H2,1-2H3,(H,15,17)(H,18,19). The lowest BCUT2D eigenvalue weighted by Crippen LogP contribution is -2.36. The Hall–Kier alpha value is -2.08. The zero-order valence-electron chi connectivity index (χ0n) is 11.5. The lowest BCUT2D eigenvalue weighted by atomic mass is 10.1. The minimum atomic E-state index is -1.58. The highest BCUT2D eigenvalue weighted by molar-refractivity contribution is 5.78. The zero-order chi connectivity index (χ0) is 15.1. The van der Waals surface area contributed by atoms with Crippen LogP contribution in [-0.4, -0.2) is 41.3 Å². The molecule has 0 aliphatic rings. The van der Waals surface area contributed by atoms with E-state index in [1.54, 1.807) is 0 Å². The third-order valence-electron chi connectivity index (χ3n) is 2.85. The van der Waals surface area contributed by atoms with Crippen LogP contribution in [0.25, 0.3) is 0 Å². The van der Waals surface area contributed by atoms with Gasteiger partial charge in [0.1, 0.15) is 5.75 Å². The Morgan fingerprint density at radius 2 is 2.00 bits per heavy atom. The van der Waals surface area contributed by atoms with Crippen LogP contribution in [-0.2, 0) is 9.59 Å². The summed E-state index contributed by atoms with van der Waals surface area (Å²) >= 11 is 0. The molecule has 1 unspecified atom stereocenters. The molecule has 20 heavy (non-hydrogen) atoms. The van der Waals surface area contributed by atoms with Crippen LogP contribution in [0.4, 0.5) is 0 Å². The summed E-state index contributed by atoms with van der Waals surface area (Å²) in [7, 11) is 0. The van der Waals surface area contributed by atoms with Crippen molar-refractivity contribution in [1.29, 1.82) is 0 Å². The fourth-order valence-electron chi connectivity index (χ4n) is 1.45. The molecule has 3 N–H and O–H groups in total. The second-order valence-corrected chi connectivity index (χ2v) is 4.50. The molecule has 0 aliphatic carbocycles. The molecule has 110 valence electrons. The Balaban J connectivity index is 2.28. The molecule has 1 amide bonds. The van der Waals surface area contributed by atoms with Crippen molar-refractivity contribution in [3.8, 4) is 5.75 Å². The number of carboxylic acid groups (broad SMARTS) is 1. The number of aliphatic carboxylic acids is 1. The monoisotopic (exact) mass is 281 g/mol. The van der Waals surface area contributed by atoms with Crippen molar-refractivity contribution in [3.63, 3.8) is 0 Å². The van der Waals surface area contributed by atoms with Gasteiger partial charge in [0.15, 0.2) is 6.10 Å². The van der Waals surface area contributed by atoms with Gasteiger partial charge in [-0.25, -0.2) is 4.79 Å². The quantitative estimate of drug-likeness (QED) is 0.681. The van der Waals surface area contributed by atoms with E-state index in [0.29, 0.717) is 5.75 Å². The maximum absolute atomic E-state index is 11.4. The van der Waals surface area contributed by atoms with Crippen molar-refractivity contribution in [1.82, 2.24) is 5.32 Å². The van der Waals surface area contributed by atoms with Gasteiger partial charge in [-0.3, -0.25) is 4.79 Å². The molecule has 6 nitrogen and oxygen atoms in total. The van der Waals surface area contributed by atoms with Gasteiger partial charge >= 0.3 is 5.97 Å². The second kappa shape index (κ2) is 7.49. The highest BCUT2D eigenvalue weighted by Crippen LogP contribution is 2.16. The molecule has 0 saturated carbocycles. The fourth-order valence-corrected chi connectivity index (χ4v) is 1.45. The Morgan fingerprint density at radius 1 is 1.30 bits per heavy atom. The zero-order valence-corrected chi connectivity index (χ0v) is 11.5. The number of hydrogen-bond donors (Lipinski definition) is 3. The van der Waals surface area contributed by atoms with Crippen molar-refractivity contribution in [2.75, 3.05) is 13.2 Å². The maximum Gasteiger partial charge on any atom is 0.334 e. The van der Waals surface area contributed by atoms with Crippen LogP contribution in [0.15, 0.2) is 18.2 Å². The first kappa shape index (κ1) is 16.0. The number of amides is 1. The predicted molar refractivity (Wildman–Crippen MR) is 72.7 cm³/mol. The van der Waals surface area contributed by atoms with E-state index < -0.39 is 12.1 Å². The Kier molecular flexibility index (Phi) is 5.99. The van der Waals surface area contributed by atoms with Gasteiger partial charge < -0.3 is 20.3 Å². The third kappa shape index (κ3) is 5.27. The van der Waals surface area contributed by atoms with Gasteiger partial charge in [0.05, 0.1) is 19.6 Å². The number of carbonyl (C=O) groups is 2. The minimum Gasteiger partial charge on any atom is -0.493 e. The van der Waals surface area contributed by atoms with E-state index in [1.165, 1.54) is 0 Å². The van der Waals surface area contributed by atoms with Crippen LogP contribution in [0.2, 0.25) is 0 Å². The summed E-state index contributed by atoms with van der Waals surface area (Å²) in [6, 6.07) is 5.66. The van der Waals surface area contributed by atoms with Crippen LogP contribution in [0.5, 0.6) is 5.75 Å². The molecule has 6 heteroatoms. The third-order valence-corrected chi connectivity index (χ3v) is 2.85. The maximum atomic E-state index is 11.4. The smallest absolute Gasteiger partial charge is 0.334 e. The number of aliphatic hydroxyl groups is 1. The SMILES string of the molecule is Cc1ccc(OCCC(=O)NCC(O)C(=O)O)cc1C. The number of benzene rings is 1. The van der Waals surface area contributed by atoms with Crippen molar-refractivity contribution >= 4 is 11.9 Å². The molecule has 1 rings (SSSR count). The molecule has 0 heterocycles. The molecule has 0 aromatic heterocycles. The molecule has 0 radical (unpaired) electrons. The topological polar surface area (TPSA) is 95.9 Å². The number of rotatable bonds is 7. The van der Waals surface area contributed by atoms with Gasteiger partial charge in [-0.1, -0.05) is 6.07 Å². The van der Waals surface area contributed by atoms with E-state index in [4.69, 9.17) is 14.9 Å². The number of ether oxygens (including phenoxy) is 1. The van der Waals surface area contributed by atoms with E-state index in [0.717, 1.165) is 11.1 Å². The first-order chi connectivity index (χ1) is 9.40. The molecule has 0 saturated heterocycles. The molecule has 0 spiro atoms. The van der Waals surface area contributed by atoms with Crippen LogP contribution in [0.3, 0.4) is 0 Å². The van der Waals surface area contributed by atoms with Gasteiger partial charge in [0, 0.05) is 0 Å². The normalized spacial score (nSPS) is 11.8. The van der Waals surface area contributed by atoms with Crippen LogP contribution in [0.1, 0.15) is 17.5 Å².